The Morgan fingerprint density at radius 1 is 1.18 bits per heavy atom. The van der Waals surface area contributed by atoms with Crippen LogP contribution in [0.1, 0.15) is 30.6 Å². The molecular formula is C23H23N3OS. The Balaban J connectivity index is 1.53. The molecule has 4 nitrogen and oxygen atoms in total. The summed E-state index contributed by atoms with van der Waals surface area (Å²) in [4.78, 5) is 16.2. The molecule has 2 aromatic carbocycles. The molecule has 1 aromatic heterocycles. The first-order valence-corrected chi connectivity index (χ1v) is 10.2. The monoisotopic (exact) mass is 389 g/mol. The highest BCUT2D eigenvalue weighted by Crippen LogP contribution is 2.31. The molecule has 0 saturated carbocycles. The van der Waals surface area contributed by atoms with Gasteiger partial charge >= 0.3 is 0 Å². The van der Waals surface area contributed by atoms with Crippen LogP contribution in [0, 0.1) is 0 Å². The number of nitrogen functional groups attached to an aromatic ring is 1. The van der Waals surface area contributed by atoms with Crippen molar-refractivity contribution in [1.82, 2.24) is 0 Å². The van der Waals surface area contributed by atoms with Gasteiger partial charge in [0.15, 0.2) is 0 Å². The Kier molecular flexibility index (Phi) is 4.92. The van der Waals surface area contributed by atoms with Gasteiger partial charge in [-0.3, -0.25) is 4.79 Å². The molecule has 1 atom stereocenters. The first-order valence-electron chi connectivity index (χ1n) is 9.34. The summed E-state index contributed by atoms with van der Waals surface area (Å²) in [5, 5.41) is 4.98. The van der Waals surface area contributed by atoms with E-state index >= 15 is 0 Å². The summed E-state index contributed by atoms with van der Waals surface area (Å²) in [7, 11) is 0. The molecule has 142 valence electrons. The average molecular weight is 390 g/mol. The quantitative estimate of drug-likeness (QED) is 0.558. The molecule has 1 amide bonds. The van der Waals surface area contributed by atoms with Gasteiger partial charge in [-0.2, -0.15) is 0 Å². The lowest BCUT2D eigenvalue weighted by atomic mass is 10.1. The Morgan fingerprint density at radius 2 is 1.96 bits per heavy atom. The van der Waals surface area contributed by atoms with Crippen LogP contribution in [-0.4, -0.2) is 11.9 Å². The fraction of sp³-hybridized carbons (Fsp3) is 0.174. The SMILES string of the molecule is CC1=CCC(C)N1c1ccc(C(=O)Nc2cc(-c3cccs3)ccc2N)cc1. The van der Waals surface area contributed by atoms with Crippen molar-refractivity contribution in [3.63, 3.8) is 0 Å². The standard InChI is InChI=1S/C23H23N3OS/c1-15-5-6-16(2)26(15)19-10-7-17(8-11-19)23(27)25-21-14-18(9-12-20(21)24)22-4-3-13-28-22/h3-5,7-14,16H,6,24H2,1-2H3,(H,25,27). The summed E-state index contributed by atoms with van der Waals surface area (Å²) in [5.74, 6) is -0.164. The van der Waals surface area contributed by atoms with Gasteiger partial charge in [-0.05, 0) is 73.7 Å². The van der Waals surface area contributed by atoms with Gasteiger partial charge in [0, 0.05) is 27.9 Å². The van der Waals surface area contributed by atoms with E-state index in [1.54, 1.807) is 11.3 Å². The van der Waals surface area contributed by atoms with Crippen molar-refractivity contribution < 1.29 is 4.79 Å². The molecule has 2 heterocycles. The van der Waals surface area contributed by atoms with Gasteiger partial charge < -0.3 is 16.0 Å². The maximum atomic E-state index is 12.7. The number of rotatable bonds is 4. The van der Waals surface area contributed by atoms with Crippen molar-refractivity contribution in [2.24, 2.45) is 0 Å². The van der Waals surface area contributed by atoms with Crippen molar-refractivity contribution in [3.05, 3.63) is 77.3 Å². The van der Waals surface area contributed by atoms with Crippen molar-refractivity contribution in [1.29, 1.82) is 0 Å². The van der Waals surface area contributed by atoms with E-state index in [0.29, 0.717) is 23.0 Å². The van der Waals surface area contributed by atoms with Gasteiger partial charge in [-0.1, -0.05) is 18.2 Å². The number of nitrogens with one attached hydrogen (secondary N) is 1. The predicted octanol–water partition coefficient (Wildman–Crippen LogP) is 5.75. The fourth-order valence-electron chi connectivity index (χ4n) is 3.58. The minimum absolute atomic E-state index is 0.164. The molecule has 0 spiro atoms. The number of carbonyl (C=O) groups excluding carboxylic acids is 1. The molecule has 1 aliphatic heterocycles. The lowest BCUT2D eigenvalue weighted by molar-refractivity contribution is 0.102. The van der Waals surface area contributed by atoms with Crippen molar-refractivity contribution in [3.8, 4) is 10.4 Å². The van der Waals surface area contributed by atoms with Crippen LogP contribution in [0.15, 0.2) is 71.8 Å². The number of allylic oxidation sites excluding steroid dienone is 1. The Bertz CT molecular complexity index is 1020. The summed E-state index contributed by atoms with van der Waals surface area (Å²) in [6, 6.07) is 18.0. The number of carbonyl (C=O) groups is 1. The van der Waals surface area contributed by atoms with Gasteiger partial charge in [0.2, 0.25) is 0 Å². The summed E-state index contributed by atoms with van der Waals surface area (Å²) < 4.78 is 0. The topological polar surface area (TPSA) is 58.4 Å². The van der Waals surface area contributed by atoms with E-state index in [4.69, 9.17) is 5.73 Å². The zero-order chi connectivity index (χ0) is 19.7. The maximum Gasteiger partial charge on any atom is 0.255 e. The fourth-order valence-corrected chi connectivity index (χ4v) is 4.30. The van der Waals surface area contributed by atoms with Gasteiger partial charge in [-0.25, -0.2) is 0 Å². The van der Waals surface area contributed by atoms with Crippen molar-refractivity contribution >= 4 is 34.3 Å². The van der Waals surface area contributed by atoms with Gasteiger partial charge in [-0.15, -0.1) is 11.3 Å². The number of thiophene rings is 1. The first kappa shape index (κ1) is 18.3. The number of anilines is 3. The molecule has 0 fully saturated rings. The summed E-state index contributed by atoms with van der Waals surface area (Å²) in [5.41, 5.74) is 11.3. The molecule has 1 aliphatic rings. The zero-order valence-electron chi connectivity index (χ0n) is 16.0. The highest BCUT2D eigenvalue weighted by molar-refractivity contribution is 7.13. The van der Waals surface area contributed by atoms with Crippen LogP contribution in [0.4, 0.5) is 17.1 Å². The van der Waals surface area contributed by atoms with Gasteiger partial charge in [0.05, 0.1) is 11.4 Å². The molecule has 0 bridgehead atoms. The Morgan fingerprint density at radius 3 is 2.61 bits per heavy atom. The smallest absolute Gasteiger partial charge is 0.255 e. The number of hydrogen-bond acceptors (Lipinski definition) is 4. The van der Waals surface area contributed by atoms with Crippen LogP contribution in [0.2, 0.25) is 0 Å². The van der Waals surface area contributed by atoms with Crippen LogP contribution >= 0.6 is 11.3 Å². The third-order valence-electron chi connectivity index (χ3n) is 5.09. The van der Waals surface area contributed by atoms with Crippen molar-refractivity contribution in [2.45, 2.75) is 26.3 Å². The highest BCUT2D eigenvalue weighted by atomic mass is 32.1. The van der Waals surface area contributed by atoms with E-state index in [9.17, 15) is 4.79 Å². The molecule has 0 aliphatic carbocycles. The molecule has 5 heteroatoms. The van der Waals surface area contributed by atoms with Crippen LogP contribution in [0.3, 0.4) is 0 Å². The lowest BCUT2D eigenvalue weighted by Gasteiger charge is -2.26. The molecule has 3 N–H and O–H groups in total. The van der Waals surface area contributed by atoms with Crippen LogP contribution < -0.4 is 16.0 Å². The lowest BCUT2D eigenvalue weighted by Crippen LogP contribution is -2.26. The number of nitrogens with zero attached hydrogens (tertiary/aromatic N) is 1. The average Bonchev–Trinajstić information content (AvgIpc) is 3.34. The third kappa shape index (κ3) is 3.53. The summed E-state index contributed by atoms with van der Waals surface area (Å²) >= 11 is 1.66. The maximum absolute atomic E-state index is 12.7. The largest absolute Gasteiger partial charge is 0.397 e. The Labute approximate surface area is 169 Å². The van der Waals surface area contributed by atoms with E-state index in [2.05, 4.69) is 36.2 Å². The van der Waals surface area contributed by atoms with Gasteiger partial charge in [0.1, 0.15) is 0 Å². The molecule has 28 heavy (non-hydrogen) atoms. The van der Waals surface area contributed by atoms with E-state index in [1.807, 2.05) is 53.9 Å². The van der Waals surface area contributed by atoms with E-state index in [-0.39, 0.29) is 5.91 Å². The Hall–Kier alpha value is -3.05. The molecule has 0 saturated heterocycles. The predicted molar refractivity (Wildman–Crippen MR) is 119 cm³/mol. The first-order chi connectivity index (χ1) is 13.5. The minimum atomic E-state index is -0.164. The van der Waals surface area contributed by atoms with Crippen LogP contribution in [-0.2, 0) is 0 Å². The van der Waals surface area contributed by atoms with E-state index < -0.39 is 0 Å². The van der Waals surface area contributed by atoms with Gasteiger partial charge in [0.25, 0.3) is 5.91 Å². The summed E-state index contributed by atoms with van der Waals surface area (Å²) in [6.07, 6.45) is 3.29. The number of amides is 1. The zero-order valence-corrected chi connectivity index (χ0v) is 16.8. The molecular weight excluding hydrogens is 366 g/mol. The third-order valence-corrected chi connectivity index (χ3v) is 6.01. The second-order valence-electron chi connectivity index (χ2n) is 7.08. The number of nitrogens with two attached hydrogens (primary N) is 1. The number of benzene rings is 2. The van der Waals surface area contributed by atoms with Crippen molar-refractivity contribution in [2.75, 3.05) is 16.0 Å². The number of hydrogen-bond donors (Lipinski definition) is 2. The molecule has 1 unspecified atom stereocenters. The highest BCUT2D eigenvalue weighted by Gasteiger charge is 2.21. The molecule has 0 radical (unpaired) electrons. The van der Waals surface area contributed by atoms with E-state index in [1.165, 1.54) is 5.70 Å². The van der Waals surface area contributed by atoms with Crippen LogP contribution in [0.25, 0.3) is 10.4 Å². The summed E-state index contributed by atoms with van der Waals surface area (Å²) in [6.45, 7) is 4.32. The second kappa shape index (κ2) is 7.52. The second-order valence-corrected chi connectivity index (χ2v) is 8.03. The normalized spacial score (nSPS) is 16.1. The van der Waals surface area contributed by atoms with E-state index in [0.717, 1.165) is 22.5 Å². The molecule has 4 rings (SSSR count). The molecule has 3 aromatic rings. The minimum Gasteiger partial charge on any atom is -0.397 e. The van der Waals surface area contributed by atoms with Crippen LogP contribution in [0.5, 0.6) is 0 Å².